The molecular weight excluding hydrogens is 367 g/mol. The molecule has 2 aliphatic heterocycles. The maximum atomic E-state index is 13.0. The first-order chi connectivity index (χ1) is 14.1. The van der Waals surface area contributed by atoms with Gasteiger partial charge in [0.1, 0.15) is 5.82 Å². The Morgan fingerprint density at radius 2 is 1.90 bits per heavy atom. The number of carbonyl (C=O) groups is 1. The van der Waals surface area contributed by atoms with Gasteiger partial charge in [-0.25, -0.2) is 4.39 Å². The number of nitrogens with one attached hydrogen (secondary N) is 2. The molecule has 1 unspecified atom stereocenters. The largest absolute Gasteiger partial charge is 0.385 e. The van der Waals surface area contributed by atoms with Gasteiger partial charge in [-0.15, -0.1) is 0 Å². The third-order valence-electron chi connectivity index (χ3n) is 5.80. The van der Waals surface area contributed by atoms with Crippen molar-refractivity contribution in [2.45, 2.75) is 25.8 Å². The lowest BCUT2D eigenvalue weighted by atomic mass is 10.0. The van der Waals surface area contributed by atoms with E-state index in [4.69, 9.17) is 0 Å². The fraction of sp³-hybridized carbons (Fsp3) is 0.435. The molecule has 0 bridgehead atoms. The average molecular weight is 397 g/mol. The van der Waals surface area contributed by atoms with Crippen molar-refractivity contribution in [2.24, 2.45) is 0 Å². The van der Waals surface area contributed by atoms with Crippen LogP contribution in [0.2, 0.25) is 0 Å². The van der Waals surface area contributed by atoms with Crippen LogP contribution in [-0.2, 0) is 6.42 Å². The number of amides is 1. The van der Waals surface area contributed by atoms with Gasteiger partial charge in [-0.2, -0.15) is 0 Å². The van der Waals surface area contributed by atoms with E-state index in [2.05, 4.69) is 38.6 Å². The molecule has 1 saturated heterocycles. The van der Waals surface area contributed by atoms with Crippen molar-refractivity contribution in [3.63, 3.8) is 0 Å². The van der Waals surface area contributed by atoms with Crippen LogP contribution in [0.1, 0.15) is 29.3 Å². The number of piperazine rings is 1. The summed E-state index contributed by atoms with van der Waals surface area (Å²) in [6.07, 6.45) is 2.33. The summed E-state index contributed by atoms with van der Waals surface area (Å²) in [5.41, 5.74) is 4.60. The molecule has 2 aliphatic rings. The van der Waals surface area contributed by atoms with E-state index < -0.39 is 0 Å². The molecule has 6 heteroatoms. The summed E-state index contributed by atoms with van der Waals surface area (Å²) in [6.45, 7) is 7.85. The summed E-state index contributed by atoms with van der Waals surface area (Å²) in [5, 5.41) is 6.54. The second-order valence-corrected chi connectivity index (χ2v) is 8.00. The second kappa shape index (κ2) is 8.82. The molecule has 0 radical (unpaired) electrons. The highest BCUT2D eigenvalue weighted by molar-refractivity contribution is 5.94. The minimum atomic E-state index is -0.331. The highest BCUT2D eigenvalue weighted by atomic mass is 19.1. The van der Waals surface area contributed by atoms with Gasteiger partial charge in [0, 0.05) is 62.2 Å². The van der Waals surface area contributed by atoms with Gasteiger partial charge < -0.3 is 15.5 Å². The van der Waals surface area contributed by atoms with Crippen molar-refractivity contribution >= 4 is 17.3 Å². The molecule has 1 atom stereocenters. The summed E-state index contributed by atoms with van der Waals surface area (Å²) < 4.78 is 13.0. The first kappa shape index (κ1) is 19.7. The molecule has 0 aromatic heterocycles. The zero-order chi connectivity index (χ0) is 20.2. The smallest absolute Gasteiger partial charge is 0.251 e. The van der Waals surface area contributed by atoms with Gasteiger partial charge in [0.25, 0.3) is 5.91 Å². The van der Waals surface area contributed by atoms with Crippen molar-refractivity contribution in [2.75, 3.05) is 49.5 Å². The van der Waals surface area contributed by atoms with Gasteiger partial charge in [-0.1, -0.05) is 6.07 Å². The van der Waals surface area contributed by atoms with Gasteiger partial charge in [0.15, 0.2) is 0 Å². The molecule has 0 saturated carbocycles. The van der Waals surface area contributed by atoms with Crippen LogP contribution in [0, 0.1) is 5.82 Å². The van der Waals surface area contributed by atoms with Crippen molar-refractivity contribution < 1.29 is 9.18 Å². The van der Waals surface area contributed by atoms with Crippen LogP contribution in [0.15, 0.2) is 42.5 Å². The lowest BCUT2D eigenvalue weighted by Gasteiger charge is -2.38. The van der Waals surface area contributed by atoms with Crippen LogP contribution in [0.5, 0.6) is 0 Å². The quantitative estimate of drug-likeness (QED) is 0.815. The molecule has 154 valence electrons. The highest BCUT2D eigenvalue weighted by Gasteiger charge is 2.23. The third kappa shape index (κ3) is 4.70. The van der Waals surface area contributed by atoms with E-state index in [1.807, 2.05) is 6.92 Å². The fourth-order valence-corrected chi connectivity index (χ4v) is 4.30. The Kier molecular flexibility index (Phi) is 6.00. The number of anilines is 2. The number of fused-ring (bicyclic) bond motifs is 1. The number of benzene rings is 2. The Labute approximate surface area is 171 Å². The number of rotatable bonds is 5. The van der Waals surface area contributed by atoms with Gasteiger partial charge in [-0.3, -0.25) is 9.69 Å². The van der Waals surface area contributed by atoms with E-state index in [0.717, 1.165) is 45.7 Å². The maximum Gasteiger partial charge on any atom is 0.251 e. The number of hydrogen-bond acceptors (Lipinski definition) is 4. The number of carbonyl (C=O) groups excluding carboxylic acids is 1. The summed E-state index contributed by atoms with van der Waals surface area (Å²) in [4.78, 5) is 17.2. The molecule has 5 nitrogen and oxygen atoms in total. The van der Waals surface area contributed by atoms with Crippen LogP contribution in [0.4, 0.5) is 15.8 Å². The average Bonchev–Trinajstić information content (AvgIpc) is 2.74. The molecule has 0 spiro atoms. The van der Waals surface area contributed by atoms with Crippen LogP contribution in [-0.4, -0.2) is 56.1 Å². The Hall–Kier alpha value is -2.60. The van der Waals surface area contributed by atoms with E-state index in [9.17, 15) is 9.18 Å². The summed E-state index contributed by atoms with van der Waals surface area (Å²) in [5.74, 6) is -0.484. The van der Waals surface area contributed by atoms with E-state index in [0.29, 0.717) is 5.56 Å². The normalized spacial score (nSPS) is 17.9. The Morgan fingerprint density at radius 3 is 2.66 bits per heavy atom. The molecule has 2 aromatic carbocycles. The zero-order valence-corrected chi connectivity index (χ0v) is 17.0. The molecule has 2 N–H and O–H groups in total. The molecule has 1 amide bonds. The number of halogens is 1. The van der Waals surface area contributed by atoms with Gasteiger partial charge >= 0.3 is 0 Å². The second-order valence-electron chi connectivity index (χ2n) is 8.00. The Balaban J connectivity index is 1.29. The molecule has 1 fully saturated rings. The van der Waals surface area contributed by atoms with Crippen LogP contribution in [0.3, 0.4) is 0 Å². The standard InChI is InChI=1S/C23H29FN4O/c1-17(26-23(29)18-7-9-19(24)10-8-18)16-27-12-14-28(15-13-27)22-6-2-5-21-20(22)4-3-11-25-21/h2,5-10,17,25H,3-4,11-16H2,1H3,(H,26,29). The minimum absolute atomic E-state index is 0.0350. The topological polar surface area (TPSA) is 47.6 Å². The zero-order valence-electron chi connectivity index (χ0n) is 17.0. The molecule has 2 heterocycles. The van der Waals surface area contributed by atoms with Gasteiger partial charge in [0.05, 0.1) is 0 Å². The van der Waals surface area contributed by atoms with Crippen molar-refractivity contribution in [1.29, 1.82) is 0 Å². The summed E-state index contributed by atoms with van der Waals surface area (Å²) in [6, 6.07) is 12.3. The van der Waals surface area contributed by atoms with E-state index in [1.54, 1.807) is 0 Å². The first-order valence-corrected chi connectivity index (χ1v) is 10.5. The van der Waals surface area contributed by atoms with E-state index in [-0.39, 0.29) is 17.8 Å². The van der Waals surface area contributed by atoms with Crippen LogP contribution >= 0.6 is 0 Å². The van der Waals surface area contributed by atoms with Crippen molar-refractivity contribution in [3.05, 3.63) is 59.4 Å². The summed E-state index contributed by atoms with van der Waals surface area (Å²) in [7, 11) is 0. The predicted molar refractivity (Wildman–Crippen MR) is 115 cm³/mol. The Morgan fingerprint density at radius 1 is 1.14 bits per heavy atom. The predicted octanol–water partition coefficient (Wildman–Crippen LogP) is 3.12. The number of nitrogens with zero attached hydrogens (tertiary/aromatic N) is 2. The third-order valence-corrected chi connectivity index (χ3v) is 5.80. The lowest BCUT2D eigenvalue weighted by molar-refractivity contribution is 0.0928. The van der Waals surface area contributed by atoms with Crippen molar-refractivity contribution in [1.82, 2.24) is 10.2 Å². The minimum Gasteiger partial charge on any atom is -0.385 e. The van der Waals surface area contributed by atoms with E-state index in [1.165, 1.54) is 47.6 Å². The van der Waals surface area contributed by atoms with Crippen LogP contribution < -0.4 is 15.5 Å². The SMILES string of the molecule is CC(CN1CCN(c2cccc3c2CCCN3)CC1)NC(=O)c1ccc(F)cc1. The van der Waals surface area contributed by atoms with Gasteiger partial charge in [-0.05, 0) is 61.7 Å². The fourth-order valence-electron chi connectivity index (χ4n) is 4.30. The highest BCUT2D eigenvalue weighted by Crippen LogP contribution is 2.32. The summed E-state index contributed by atoms with van der Waals surface area (Å²) >= 11 is 0. The maximum absolute atomic E-state index is 13.0. The molecular formula is C23H29FN4O. The molecule has 0 aliphatic carbocycles. The molecule has 29 heavy (non-hydrogen) atoms. The van der Waals surface area contributed by atoms with Crippen LogP contribution in [0.25, 0.3) is 0 Å². The van der Waals surface area contributed by atoms with E-state index >= 15 is 0 Å². The monoisotopic (exact) mass is 396 g/mol. The Bertz CT molecular complexity index is 846. The number of hydrogen-bond donors (Lipinski definition) is 2. The molecule has 4 rings (SSSR count). The lowest BCUT2D eigenvalue weighted by Crippen LogP contribution is -2.51. The van der Waals surface area contributed by atoms with Gasteiger partial charge in [0.2, 0.25) is 0 Å². The van der Waals surface area contributed by atoms with Crippen molar-refractivity contribution in [3.8, 4) is 0 Å². The molecule has 2 aromatic rings. The first-order valence-electron chi connectivity index (χ1n) is 10.5.